The Morgan fingerprint density at radius 3 is 2.07 bits per heavy atom. The number of hydrogen-bond acceptors (Lipinski definition) is 1. The van der Waals surface area contributed by atoms with Crippen LogP contribution < -0.4 is 5.73 Å². The minimum atomic E-state index is -0.211. The van der Waals surface area contributed by atoms with Crippen molar-refractivity contribution in [1.82, 2.24) is 0 Å². The van der Waals surface area contributed by atoms with Crippen LogP contribution in [0.15, 0.2) is 24.3 Å². The minimum absolute atomic E-state index is 0. The minimum Gasteiger partial charge on any atom is -0.324 e. The van der Waals surface area contributed by atoms with E-state index in [1.807, 2.05) is 0 Å². The summed E-state index contributed by atoms with van der Waals surface area (Å²) >= 11 is 0. The third-order valence-corrected chi connectivity index (χ3v) is 2.13. The first-order valence-corrected chi connectivity index (χ1v) is 4.89. The van der Waals surface area contributed by atoms with E-state index in [2.05, 4.69) is 20.8 Å². The zero-order chi connectivity index (χ0) is 10.8. The van der Waals surface area contributed by atoms with Gasteiger partial charge in [0, 0.05) is 6.04 Å². The average molecular weight is 232 g/mol. The molecule has 1 rings (SSSR count). The van der Waals surface area contributed by atoms with Gasteiger partial charge in [0.1, 0.15) is 5.82 Å². The van der Waals surface area contributed by atoms with Crippen molar-refractivity contribution in [3.63, 3.8) is 0 Å². The molecule has 86 valence electrons. The molecular formula is C12H19ClFN. The quantitative estimate of drug-likeness (QED) is 0.826. The van der Waals surface area contributed by atoms with Gasteiger partial charge in [0.25, 0.3) is 0 Å². The second-order valence-corrected chi connectivity index (χ2v) is 4.92. The molecule has 1 aromatic carbocycles. The molecule has 1 aromatic rings. The predicted octanol–water partition coefficient (Wildman–Crippen LogP) is 3.68. The van der Waals surface area contributed by atoms with Crippen LogP contribution in [-0.2, 0) is 0 Å². The molecular weight excluding hydrogens is 213 g/mol. The molecule has 0 aromatic heterocycles. The zero-order valence-electron chi connectivity index (χ0n) is 9.46. The molecule has 0 amide bonds. The molecule has 15 heavy (non-hydrogen) atoms. The van der Waals surface area contributed by atoms with Gasteiger partial charge < -0.3 is 5.73 Å². The van der Waals surface area contributed by atoms with Gasteiger partial charge >= 0.3 is 0 Å². The summed E-state index contributed by atoms with van der Waals surface area (Å²) in [5.74, 6) is -0.211. The lowest BCUT2D eigenvalue weighted by Crippen LogP contribution is -2.18. The van der Waals surface area contributed by atoms with Gasteiger partial charge in [-0.2, -0.15) is 0 Å². The van der Waals surface area contributed by atoms with Gasteiger partial charge in [0.05, 0.1) is 0 Å². The van der Waals surface area contributed by atoms with Crippen molar-refractivity contribution in [2.24, 2.45) is 11.1 Å². The monoisotopic (exact) mass is 231 g/mol. The molecule has 1 unspecified atom stereocenters. The van der Waals surface area contributed by atoms with Gasteiger partial charge in [-0.05, 0) is 29.5 Å². The zero-order valence-corrected chi connectivity index (χ0v) is 10.3. The SMILES string of the molecule is CC(C)(C)CC(N)c1ccc(F)cc1.Cl. The maximum atomic E-state index is 12.6. The maximum absolute atomic E-state index is 12.6. The Hall–Kier alpha value is -0.600. The number of benzene rings is 1. The van der Waals surface area contributed by atoms with Crippen LogP contribution in [0.25, 0.3) is 0 Å². The summed E-state index contributed by atoms with van der Waals surface area (Å²) in [4.78, 5) is 0. The summed E-state index contributed by atoms with van der Waals surface area (Å²) in [6, 6.07) is 6.42. The summed E-state index contributed by atoms with van der Waals surface area (Å²) in [6.07, 6.45) is 0.901. The van der Waals surface area contributed by atoms with Crippen LogP contribution in [0.1, 0.15) is 38.8 Å². The fourth-order valence-corrected chi connectivity index (χ4v) is 1.49. The maximum Gasteiger partial charge on any atom is 0.123 e. The van der Waals surface area contributed by atoms with Crippen molar-refractivity contribution in [3.8, 4) is 0 Å². The molecule has 1 atom stereocenters. The topological polar surface area (TPSA) is 26.0 Å². The van der Waals surface area contributed by atoms with Gasteiger partial charge in [0.15, 0.2) is 0 Å². The Morgan fingerprint density at radius 1 is 1.20 bits per heavy atom. The van der Waals surface area contributed by atoms with Gasteiger partial charge in [-0.15, -0.1) is 12.4 Å². The van der Waals surface area contributed by atoms with Gasteiger partial charge in [-0.25, -0.2) is 4.39 Å². The Kier molecular flexibility index (Phi) is 5.26. The average Bonchev–Trinajstić information content (AvgIpc) is 2.02. The van der Waals surface area contributed by atoms with Crippen molar-refractivity contribution in [1.29, 1.82) is 0 Å². The molecule has 0 aliphatic rings. The number of rotatable bonds is 2. The highest BCUT2D eigenvalue weighted by molar-refractivity contribution is 5.85. The van der Waals surface area contributed by atoms with Crippen molar-refractivity contribution in [3.05, 3.63) is 35.6 Å². The van der Waals surface area contributed by atoms with Crippen molar-refractivity contribution in [2.75, 3.05) is 0 Å². The Morgan fingerprint density at radius 2 is 1.67 bits per heavy atom. The number of nitrogens with two attached hydrogens (primary N) is 1. The highest BCUT2D eigenvalue weighted by atomic mass is 35.5. The molecule has 3 heteroatoms. The van der Waals surface area contributed by atoms with Gasteiger partial charge in [0.2, 0.25) is 0 Å². The summed E-state index contributed by atoms with van der Waals surface area (Å²) in [5.41, 5.74) is 7.21. The first-order chi connectivity index (χ1) is 6.38. The largest absolute Gasteiger partial charge is 0.324 e. The molecule has 0 fully saturated rings. The highest BCUT2D eigenvalue weighted by Crippen LogP contribution is 2.27. The van der Waals surface area contributed by atoms with Crippen LogP contribution in [0.5, 0.6) is 0 Å². The normalized spacial score (nSPS) is 13.1. The van der Waals surface area contributed by atoms with Crippen LogP contribution in [0.2, 0.25) is 0 Å². The van der Waals surface area contributed by atoms with Gasteiger partial charge in [-0.3, -0.25) is 0 Å². The van der Waals surface area contributed by atoms with E-state index in [1.54, 1.807) is 12.1 Å². The Labute approximate surface area is 97.3 Å². The van der Waals surface area contributed by atoms with E-state index < -0.39 is 0 Å². The van der Waals surface area contributed by atoms with Crippen molar-refractivity contribution in [2.45, 2.75) is 33.2 Å². The lowest BCUT2D eigenvalue weighted by Gasteiger charge is -2.23. The molecule has 0 radical (unpaired) electrons. The molecule has 1 nitrogen and oxygen atoms in total. The first kappa shape index (κ1) is 14.4. The summed E-state index contributed by atoms with van der Waals surface area (Å²) < 4.78 is 12.6. The molecule has 0 bridgehead atoms. The van der Waals surface area contributed by atoms with Crippen LogP contribution in [0.3, 0.4) is 0 Å². The highest BCUT2D eigenvalue weighted by Gasteiger charge is 2.16. The first-order valence-electron chi connectivity index (χ1n) is 4.89. The molecule has 0 saturated heterocycles. The molecule has 0 spiro atoms. The van der Waals surface area contributed by atoms with E-state index in [0.29, 0.717) is 0 Å². The van der Waals surface area contributed by atoms with E-state index in [0.717, 1.165) is 12.0 Å². The standard InChI is InChI=1S/C12H18FN.ClH/c1-12(2,3)8-11(14)9-4-6-10(13)7-5-9;/h4-7,11H,8,14H2,1-3H3;1H. The third-order valence-electron chi connectivity index (χ3n) is 2.13. The number of halogens is 2. The van der Waals surface area contributed by atoms with E-state index in [-0.39, 0.29) is 29.7 Å². The summed E-state index contributed by atoms with van der Waals surface area (Å²) in [6.45, 7) is 6.45. The second kappa shape index (κ2) is 5.47. The number of hydrogen-bond donors (Lipinski definition) is 1. The van der Waals surface area contributed by atoms with Crippen LogP contribution in [-0.4, -0.2) is 0 Å². The smallest absolute Gasteiger partial charge is 0.123 e. The Bertz CT molecular complexity index is 289. The van der Waals surface area contributed by atoms with Crippen molar-refractivity contribution < 1.29 is 4.39 Å². The van der Waals surface area contributed by atoms with E-state index in [9.17, 15) is 4.39 Å². The second-order valence-electron chi connectivity index (χ2n) is 4.92. The lowest BCUT2D eigenvalue weighted by molar-refractivity contribution is 0.342. The van der Waals surface area contributed by atoms with E-state index >= 15 is 0 Å². The van der Waals surface area contributed by atoms with Crippen LogP contribution in [0, 0.1) is 11.2 Å². The molecule has 0 heterocycles. The molecule has 0 saturated carbocycles. The lowest BCUT2D eigenvalue weighted by atomic mass is 9.86. The predicted molar refractivity (Wildman–Crippen MR) is 64.6 cm³/mol. The Balaban J connectivity index is 0.00000196. The van der Waals surface area contributed by atoms with E-state index in [4.69, 9.17) is 5.73 Å². The summed E-state index contributed by atoms with van der Waals surface area (Å²) in [7, 11) is 0. The van der Waals surface area contributed by atoms with Gasteiger partial charge in [-0.1, -0.05) is 32.9 Å². The molecule has 2 N–H and O–H groups in total. The van der Waals surface area contributed by atoms with Crippen LogP contribution >= 0.6 is 12.4 Å². The van der Waals surface area contributed by atoms with Crippen molar-refractivity contribution >= 4 is 12.4 Å². The molecule has 0 aliphatic heterocycles. The molecule has 0 aliphatic carbocycles. The fourth-order valence-electron chi connectivity index (χ4n) is 1.49. The fraction of sp³-hybridized carbons (Fsp3) is 0.500. The van der Waals surface area contributed by atoms with E-state index in [1.165, 1.54) is 12.1 Å². The summed E-state index contributed by atoms with van der Waals surface area (Å²) in [5, 5.41) is 0. The van der Waals surface area contributed by atoms with Crippen LogP contribution in [0.4, 0.5) is 4.39 Å². The third kappa shape index (κ3) is 5.14.